The molecule has 1 N–H and O–H groups in total. The van der Waals surface area contributed by atoms with Crippen LogP contribution in [0.4, 0.5) is 0 Å². The van der Waals surface area contributed by atoms with Crippen LogP contribution in [0.2, 0.25) is 0 Å². The Kier molecular flexibility index (Phi) is 2.99. The highest BCUT2D eigenvalue weighted by Crippen LogP contribution is 2.45. The lowest BCUT2D eigenvalue weighted by Crippen LogP contribution is -2.35. The molecule has 76 valence electrons. The lowest BCUT2D eigenvalue weighted by atomic mass is 9.63. The minimum Gasteiger partial charge on any atom is -0.481 e. The summed E-state index contributed by atoms with van der Waals surface area (Å²) in [5.74, 6) is 0.283. The summed E-state index contributed by atoms with van der Waals surface area (Å²) in [6.45, 7) is 6.60. The Labute approximate surface area is 80.3 Å². The van der Waals surface area contributed by atoms with Crippen LogP contribution in [0, 0.1) is 17.3 Å². The normalized spacial score (nSPS) is 32.8. The number of carbonyl (C=O) groups is 1. The molecule has 2 heteroatoms. The van der Waals surface area contributed by atoms with E-state index in [4.69, 9.17) is 5.11 Å². The SMILES string of the molecule is C[C@H]1CCCC(C)(C)[C@@H]1CC(=O)O. The van der Waals surface area contributed by atoms with Crippen molar-refractivity contribution < 1.29 is 9.90 Å². The molecule has 0 spiro atoms. The van der Waals surface area contributed by atoms with Crippen molar-refractivity contribution in [2.75, 3.05) is 0 Å². The van der Waals surface area contributed by atoms with Crippen LogP contribution < -0.4 is 0 Å². The van der Waals surface area contributed by atoms with Crippen LogP contribution in [-0.2, 0) is 4.79 Å². The monoisotopic (exact) mass is 184 g/mol. The lowest BCUT2D eigenvalue weighted by molar-refractivity contribution is -0.140. The third-order valence-electron chi connectivity index (χ3n) is 3.57. The molecule has 0 aliphatic heterocycles. The van der Waals surface area contributed by atoms with Gasteiger partial charge >= 0.3 is 5.97 Å². The molecular formula is C11H20O2. The molecule has 1 aliphatic rings. The molecule has 1 aliphatic carbocycles. The van der Waals surface area contributed by atoms with E-state index in [1.807, 2.05) is 0 Å². The first-order valence-electron chi connectivity index (χ1n) is 5.15. The van der Waals surface area contributed by atoms with Crippen LogP contribution in [0.25, 0.3) is 0 Å². The predicted octanol–water partition coefficient (Wildman–Crippen LogP) is 2.92. The molecule has 0 heterocycles. The topological polar surface area (TPSA) is 37.3 Å². The van der Waals surface area contributed by atoms with Crippen LogP contribution in [0.5, 0.6) is 0 Å². The Morgan fingerprint density at radius 2 is 2.15 bits per heavy atom. The fraction of sp³-hybridized carbons (Fsp3) is 0.909. The van der Waals surface area contributed by atoms with Gasteiger partial charge in [0.15, 0.2) is 0 Å². The molecule has 13 heavy (non-hydrogen) atoms. The number of hydrogen-bond donors (Lipinski definition) is 1. The second-order valence-corrected chi connectivity index (χ2v) is 5.06. The molecule has 2 atom stereocenters. The molecule has 0 aromatic heterocycles. The Hall–Kier alpha value is -0.530. The van der Waals surface area contributed by atoms with Gasteiger partial charge in [0.1, 0.15) is 0 Å². The highest BCUT2D eigenvalue weighted by atomic mass is 16.4. The van der Waals surface area contributed by atoms with Gasteiger partial charge in [0.05, 0.1) is 0 Å². The van der Waals surface area contributed by atoms with Crippen LogP contribution in [0.1, 0.15) is 46.5 Å². The third-order valence-corrected chi connectivity index (χ3v) is 3.57. The molecule has 0 aromatic carbocycles. The zero-order valence-electron chi connectivity index (χ0n) is 8.84. The van der Waals surface area contributed by atoms with Gasteiger partial charge in [0.25, 0.3) is 0 Å². The number of aliphatic carboxylic acids is 1. The van der Waals surface area contributed by atoms with Crippen molar-refractivity contribution >= 4 is 5.97 Å². The molecule has 0 radical (unpaired) electrons. The molecular weight excluding hydrogens is 164 g/mol. The van der Waals surface area contributed by atoms with Crippen molar-refractivity contribution in [3.63, 3.8) is 0 Å². The van der Waals surface area contributed by atoms with E-state index < -0.39 is 5.97 Å². The van der Waals surface area contributed by atoms with E-state index in [2.05, 4.69) is 20.8 Å². The van der Waals surface area contributed by atoms with Crippen molar-refractivity contribution in [2.24, 2.45) is 17.3 Å². The maximum atomic E-state index is 10.7. The van der Waals surface area contributed by atoms with E-state index in [0.717, 1.165) is 0 Å². The van der Waals surface area contributed by atoms with Gasteiger partial charge in [-0.2, -0.15) is 0 Å². The minimum absolute atomic E-state index is 0.218. The molecule has 1 rings (SSSR count). The molecule has 0 aromatic rings. The van der Waals surface area contributed by atoms with Crippen LogP contribution >= 0.6 is 0 Å². The van der Waals surface area contributed by atoms with Crippen molar-refractivity contribution in [1.82, 2.24) is 0 Å². The van der Waals surface area contributed by atoms with Gasteiger partial charge in [-0.15, -0.1) is 0 Å². The van der Waals surface area contributed by atoms with Crippen molar-refractivity contribution in [3.05, 3.63) is 0 Å². The fourth-order valence-corrected chi connectivity index (χ4v) is 2.70. The second kappa shape index (κ2) is 3.69. The molecule has 1 saturated carbocycles. The highest BCUT2D eigenvalue weighted by Gasteiger charge is 2.37. The second-order valence-electron chi connectivity index (χ2n) is 5.06. The Morgan fingerprint density at radius 1 is 1.54 bits per heavy atom. The summed E-state index contributed by atoms with van der Waals surface area (Å²) in [4.78, 5) is 10.7. The van der Waals surface area contributed by atoms with Gasteiger partial charge in [0, 0.05) is 6.42 Å². The van der Waals surface area contributed by atoms with E-state index in [1.54, 1.807) is 0 Å². The number of hydrogen-bond acceptors (Lipinski definition) is 1. The Bertz CT molecular complexity index is 196. The average molecular weight is 184 g/mol. The van der Waals surface area contributed by atoms with E-state index in [9.17, 15) is 4.79 Å². The smallest absolute Gasteiger partial charge is 0.303 e. The summed E-state index contributed by atoms with van der Waals surface area (Å²) in [6, 6.07) is 0. The number of carboxylic acids is 1. The van der Waals surface area contributed by atoms with E-state index >= 15 is 0 Å². The summed E-state index contributed by atoms with van der Waals surface area (Å²) in [5, 5.41) is 8.82. The van der Waals surface area contributed by atoms with Gasteiger partial charge in [-0.3, -0.25) is 4.79 Å². The van der Waals surface area contributed by atoms with Gasteiger partial charge in [-0.05, 0) is 23.7 Å². The van der Waals surface area contributed by atoms with E-state index in [0.29, 0.717) is 18.3 Å². The molecule has 2 nitrogen and oxygen atoms in total. The van der Waals surface area contributed by atoms with Crippen molar-refractivity contribution in [1.29, 1.82) is 0 Å². The summed E-state index contributed by atoms with van der Waals surface area (Å²) in [7, 11) is 0. The highest BCUT2D eigenvalue weighted by molar-refractivity contribution is 5.67. The largest absolute Gasteiger partial charge is 0.481 e. The van der Waals surface area contributed by atoms with Gasteiger partial charge < -0.3 is 5.11 Å². The van der Waals surface area contributed by atoms with E-state index in [1.165, 1.54) is 19.3 Å². The first kappa shape index (κ1) is 10.6. The lowest BCUT2D eigenvalue weighted by Gasteiger charge is -2.42. The first-order valence-corrected chi connectivity index (χ1v) is 5.15. The molecule has 0 unspecified atom stereocenters. The maximum absolute atomic E-state index is 10.7. The molecule has 0 saturated heterocycles. The third kappa shape index (κ3) is 2.45. The van der Waals surface area contributed by atoms with Gasteiger partial charge in [0.2, 0.25) is 0 Å². The predicted molar refractivity (Wildman–Crippen MR) is 52.5 cm³/mol. The number of carboxylic acid groups (broad SMARTS) is 1. The quantitative estimate of drug-likeness (QED) is 0.716. The van der Waals surface area contributed by atoms with Crippen LogP contribution in [0.3, 0.4) is 0 Å². The van der Waals surface area contributed by atoms with Crippen LogP contribution in [-0.4, -0.2) is 11.1 Å². The average Bonchev–Trinajstić information content (AvgIpc) is 1.96. The standard InChI is InChI=1S/C11H20O2/c1-8-5-4-6-11(2,3)9(8)7-10(12)13/h8-9H,4-7H2,1-3H3,(H,12,13)/t8-,9+/m0/s1. The Balaban J connectivity index is 2.68. The maximum Gasteiger partial charge on any atom is 0.303 e. The molecule has 1 fully saturated rings. The van der Waals surface area contributed by atoms with Crippen molar-refractivity contribution in [3.8, 4) is 0 Å². The summed E-state index contributed by atoms with van der Waals surface area (Å²) in [6.07, 6.45) is 3.97. The zero-order chi connectivity index (χ0) is 10.1. The van der Waals surface area contributed by atoms with Gasteiger partial charge in [-0.25, -0.2) is 0 Å². The summed E-state index contributed by atoms with van der Waals surface area (Å²) < 4.78 is 0. The Morgan fingerprint density at radius 3 is 2.62 bits per heavy atom. The zero-order valence-corrected chi connectivity index (χ0v) is 8.84. The van der Waals surface area contributed by atoms with E-state index in [-0.39, 0.29) is 5.41 Å². The van der Waals surface area contributed by atoms with Gasteiger partial charge in [-0.1, -0.05) is 33.6 Å². The summed E-state index contributed by atoms with van der Waals surface area (Å²) >= 11 is 0. The van der Waals surface area contributed by atoms with Crippen molar-refractivity contribution in [2.45, 2.75) is 46.5 Å². The van der Waals surface area contributed by atoms with Crippen LogP contribution in [0.15, 0.2) is 0 Å². The molecule has 0 amide bonds. The minimum atomic E-state index is -0.646. The fourth-order valence-electron chi connectivity index (χ4n) is 2.70. The number of rotatable bonds is 2. The summed E-state index contributed by atoms with van der Waals surface area (Å²) in [5.41, 5.74) is 0.218. The molecule has 0 bridgehead atoms. The first-order chi connectivity index (χ1) is 5.93.